The highest BCUT2D eigenvalue weighted by Crippen LogP contribution is 2.29. The van der Waals surface area contributed by atoms with Crippen LogP contribution in [-0.2, 0) is 17.8 Å². The Labute approximate surface area is 186 Å². The van der Waals surface area contributed by atoms with Crippen LogP contribution in [0.15, 0.2) is 77.7 Å². The first kappa shape index (κ1) is 21.0. The summed E-state index contributed by atoms with van der Waals surface area (Å²) in [4.78, 5) is 28.3. The first-order chi connectivity index (χ1) is 15.2. The summed E-state index contributed by atoms with van der Waals surface area (Å²) in [5.41, 5.74) is 3.68. The summed E-state index contributed by atoms with van der Waals surface area (Å²) in [6, 6.07) is 23.0. The summed E-state index contributed by atoms with van der Waals surface area (Å²) in [7, 11) is 1.61. The smallest absolute Gasteiger partial charge is 0.252 e. The summed E-state index contributed by atoms with van der Waals surface area (Å²) < 4.78 is 5.35. The van der Waals surface area contributed by atoms with Crippen LogP contribution in [0.1, 0.15) is 21.5 Å². The number of amides is 2. The van der Waals surface area contributed by atoms with Crippen LogP contribution in [0.3, 0.4) is 0 Å². The van der Waals surface area contributed by atoms with Gasteiger partial charge in [-0.05, 0) is 36.2 Å². The summed E-state index contributed by atoms with van der Waals surface area (Å²) >= 11 is 1.40. The zero-order chi connectivity index (χ0) is 21.6. The second-order valence-electron chi connectivity index (χ2n) is 7.20. The standard InChI is InChI=1S/C25H24N2O3S/c1-30-22-12-6-3-9-19(22)16-26-25(29)20-10-4-7-13-23(20)31-17-24(28)27-15-14-18-8-2-5-11-21(18)27/h2-13H,14-17H2,1H3,(H,26,29). The third kappa shape index (κ3) is 4.75. The Morgan fingerprint density at radius 1 is 1.00 bits per heavy atom. The molecule has 0 saturated heterocycles. The van der Waals surface area contributed by atoms with Crippen molar-refractivity contribution in [1.29, 1.82) is 0 Å². The maximum atomic E-state index is 12.8. The van der Waals surface area contributed by atoms with E-state index in [9.17, 15) is 9.59 Å². The lowest BCUT2D eigenvalue weighted by Crippen LogP contribution is -2.30. The molecule has 1 aliphatic rings. The third-order valence-corrected chi connectivity index (χ3v) is 6.36. The molecule has 0 unspecified atom stereocenters. The van der Waals surface area contributed by atoms with Crippen molar-refractivity contribution in [3.05, 3.63) is 89.5 Å². The van der Waals surface area contributed by atoms with Gasteiger partial charge in [0, 0.05) is 29.2 Å². The molecule has 0 aromatic heterocycles. The Hall–Kier alpha value is -3.25. The van der Waals surface area contributed by atoms with Gasteiger partial charge < -0.3 is 15.0 Å². The second-order valence-corrected chi connectivity index (χ2v) is 8.22. The molecule has 0 radical (unpaired) electrons. The molecule has 1 N–H and O–H groups in total. The van der Waals surface area contributed by atoms with Crippen molar-refractivity contribution in [2.75, 3.05) is 24.3 Å². The van der Waals surface area contributed by atoms with E-state index in [-0.39, 0.29) is 17.6 Å². The van der Waals surface area contributed by atoms with E-state index in [0.717, 1.165) is 28.3 Å². The van der Waals surface area contributed by atoms with Crippen molar-refractivity contribution >= 4 is 29.3 Å². The summed E-state index contributed by atoms with van der Waals surface area (Å²) in [5.74, 6) is 0.902. The minimum atomic E-state index is -0.173. The van der Waals surface area contributed by atoms with Gasteiger partial charge in [-0.1, -0.05) is 48.5 Å². The number of carbonyl (C=O) groups is 2. The van der Waals surface area contributed by atoms with E-state index in [2.05, 4.69) is 11.4 Å². The molecular weight excluding hydrogens is 408 g/mol. The number of carbonyl (C=O) groups excluding carboxylic acids is 2. The molecule has 2 amide bonds. The number of thioether (sulfide) groups is 1. The molecule has 0 bridgehead atoms. The van der Waals surface area contributed by atoms with Crippen LogP contribution >= 0.6 is 11.8 Å². The fraction of sp³-hybridized carbons (Fsp3) is 0.200. The number of fused-ring (bicyclic) bond motifs is 1. The molecule has 5 nitrogen and oxygen atoms in total. The van der Waals surface area contributed by atoms with Crippen molar-refractivity contribution < 1.29 is 14.3 Å². The Kier molecular flexibility index (Phi) is 6.57. The number of anilines is 1. The number of hydrogen-bond donors (Lipinski definition) is 1. The minimum absolute atomic E-state index is 0.0548. The number of ether oxygens (including phenoxy) is 1. The van der Waals surface area contributed by atoms with Gasteiger partial charge in [-0.3, -0.25) is 9.59 Å². The number of rotatable bonds is 7. The van der Waals surface area contributed by atoms with Crippen molar-refractivity contribution in [2.24, 2.45) is 0 Å². The molecule has 4 rings (SSSR count). The molecule has 0 spiro atoms. The highest BCUT2D eigenvalue weighted by Gasteiger charge is 2.24. The average molecular weight is 433 g/mol. The van der Waals surface area contributed by atoms with Gasteiger partial charge in [0.15, 0.2) is 0 Å². The molecule has 0 saturated carbocycles. The zero-order valence-corrected chi connectivity index (χ0v) is 18.2. The van der Waals surface area contributed by atoms with Crippen molar-refractivity contribution in [3.8, 4) is 5.75 Å². The highest BCUT2D eigenvalue weighted by atomic mass is 32.2. The molecule has 31 heavy (non-hydrogen) atoms. The molecule has 0 aliphatic carbocycles. The van der Waals surface area contributed by atoms with Crippen LogP contribution in [0.25, 0.3) is 0 Å². The lowest BCUT2D eigenvalue weighted by molar-refractivity contribution is -0.116. The van der Waals surface area contributed by atoms with E-state index < -0.39 is 0 Å². The monoisotopic (exact) mass is 432 g/mol. The molecule has 158 valence electrons. The van der Waals surface area contributed by atoms with E-state index in [1.807, 2.05) is 65.6 Å². The molecule has 6 heteroatoms. The molecular formula is C25H24N2O3S. The van der Waals surface area contributed by atoms with E-state index in [4.69, 9.17) is 4.74 Å². The van der Waals surface area contributed by atoms with Crippen LogP contribution in [-0.4, -0.2) is 31.2 Å². The molecule has 0 atom stereocenters. The SMILES string of the molecule is COc1ccccc1CNC(=O)c1ccccc1SCC(=O)N1CCc2ccccc21. The quantitative estimate of drug-likeness (QED) is 0.566. The number of benzene rings is 3. The molecule has 3 aromatic carbocycles. The second kappa shape index (κ2) is 9.71. The van der Waals surface area contributed by atoms with Gasteiger partial charge in [-0.15, -0.1) is 11.8 Å². The predicted octanol–water partition coefficient (Wildman–Crippen LogP) is 4.31. The Morgan fingerprint density at radius 2 is 1.74 bits per heavy atom. The zero-order valence-electron chi connectivity index (χ0n) is 17.3. The summed E-state index contributed by atoms with van der Waals surface area (Å²) in [6.07, 6.45) is 0.883. The number of para-hydroxylation sites is 2. The minimum Gasteiger partial charge on any atom is -0.496 e. The fourth-order valence-corrected chi connectivity index (χ4v) is 4.64. The number of nitrogens with zero attached hydrogens (tertiary/aromatic N) is 1. The average Bonchev–Trinajstić information content (AvgIpc) is 3.25. The molecule has 1 heterocycles. The first-order valence-corrected chi connectivity index (χ1v) is 11.2. The van der Waals surface area contributed by atoms with Gasteiger partial charge in [0.05, 0.1) is 18.4 Å². The van der Waals surface area contributed by atoms with Crippen LogP contribution in [0.2, 0.25) is 0 Å². The fourth-order valence-electron chi connectivity index (χ4n) is 3.71. The number of nitrogens with one attached hydrogen (secondary N) is 1. The van der Waals surface area contributed by atoms with Crippen LogP contribution in [0.5, 0.6) is 5.75 Å². The number of hydrogen-bond acceptors (Lipinski definition) is 4. The van der Waals surface area contributed by atoms with Crippen molar-refractivity contribution in [2.45, 2.75) is 17.9 Å². The first-order valence-electron chi connectivity index (χ1n) is 10.2. The van der Waals surface area contributed by atoms with Crippen LogP contribution in [0.4, 0.5) is 5.69 Å². The summed E-state index contributed by atoms with van der Waals surface area (Å²) in [5, 5.41) is 2.96. The molecule has 0 fully saturated rings. The highest BCUT2D eigenvalue weighted by molar-refractivity contribution is 8.00. The Bertz CT molecular complexity index is 1100. The maximum absolute atomic E-state index is 12.8. The van der Waals surface area contributed by atoms with Crippen LogP contribution in [0, 0.1) is 0 Å². The van der Waals surface area contributed by atoms with E-state index in [1.54, 1.807) is 13.2 Å². The van der Waals surface area contributed by atoms with Crippen molar-refractivity contribution in [1.82, 2.24) is 5.32 Å². The van der Waals surface area contributed by atoms with Gasteiger partial charge in [-0.2, -0.15) is 0 Å². The lowest BCUT2D eigenvalue weighted by Gasteiger charge is -2.17. The van der Waals surface area contributed by atoms with E-state index >= 15 is 0 Å². The molecule has 1 aliphatic heterocycles. The lowest BCUT2D eigenvalue weighted by atomic mass is 10.1. The third-order valence-electron chi connectivity index (χ3n) is 5.30. The van der Waals surface area contributed by atoms with Gasteiger partial charge in [-0.25, -0.2) is 0 Å². The topological polar surface area (TPSA) is 58.6 Å². The van der Waals surface area contributed by atoms with E-state index in [1.165, 1.54) is 17.3 Å². The Balaban J connectivity index is 1.40. The van der Waals surface area contributed by atoms with Gasteiger partial charge >= 0.3 is 0 Å². The summed E-state index contributed by atoms with van der Waals surface area (Å²) in [6.45, 7) is 1.07. The normalized spacial score (nSPS) is 12.4. The van der Waals surface area contributed by atoms with Gasteiger partial charge in [0.2, 0.25) is 5.91 Å². The van der Waals surface area contributed by atoms with Crippen LogP contribution < -0.4 is 15.0 Å². The largest absolute Gasteiger partial charge is 0.496 e. The Morgan fingerprint density at radius 3 is 2.61 bits per heavy atom. The van der Waals surface area contributed by atoms with Gasteiger partial charge in [0.25, 0.3) is 5.91 Å². The van der Waals surface area contributed by atoms with Crippen molar-refractivity contribution in [3.63, 3.8) is 0 Å². The number of methoxy groups -OCH3 is 1. The van der Waals surface area contributed by atoms with E-state index in [0.29, 0.717) is 18.7 Å². The maximum Gasteiger partial charge on any atom is 0.252 e. The van der Waals surface area contributed by atoms with Gasteiger partial charge in [0.1, 0.15) is 5.75 Å². The molecule has 3 aromatic rings. The predicted molar refractivity (Wildman–Crippen MR) is 124 cm³/mol.